The van der Waals surface area contributed by atoms with E-state index in [1.807, 2.05) is 5.01 Å². The summed E-state index contributed by atoms with van der Waals surface area (Å²) in [6, 6.07) is 6.97. The first-order valence-corrected chi connectivity index (χ1v) is 4.67. The van der Waals surface area contributed by atoms with Gasteiger partial charge >= 0.3 is 0 Å². The highest BCUT2D eigenvalue weighted by Crippen LogP contribution is 2.08. The highest BCUT2D eigenvalue weighted by Gasteiger charge is 2.16. The van der Waals surface area contributed by atoms with E-state index in [9.17, 15) is 4.79 Å². The molecule has 0 saturated carbocycles. The highest BCUT2D eigenvalue weighted by molar-refractivity contribution is 5.94. The van der Waals surface area contributed by atoms with Crippen molar-refractivity contribution in [1.29, 1.82) is 0 Å². The van der Waals surface area contributed by atoms with E-state index < -0.39 is 0 Å². The van der Waals surface area contributed by atoms with Crippen molar-refractivity contribution in [2.75, 3.05) is 18.8 Å². The van der Waals surface area contributed by atoms with Gasteiger partial charge in [0, 0.05) is 24.3 Å². The molecule has 0 radical (unpaired) electrons. The van der Waals surface area contributed by atoms with E-state index in [4.69, 9.17) is 5.73 Å². The maximum Gasteiger partial charge on any atom is 0.265 e. The van der Waals surface area contributed by atoms with Gasteiger partial charge in [0.15, 0.2) is 0 Å². The second-order valence-electron chi connectivity index (χ2n) is 3.41. The monoisotopic (exact) mass is 191 g/mol. The van der Waals surface area contributed by atoms with Gasteiger partial charge in [-0.15, -0.1) is 0 Å². The molecule has 4 heteroatoms. The minimum atomic E-state index is -0.0861. The van der Waals surface area contributed by atoms with Gasteiger partial charge in [0.05, 0.1) is 0 Å². The first kappa shape index (κ1) is 9.02. The number of rotatable bonds is 2. The molecule has 1 fully saturated rings. The van der Waals surface area contributed by atoms with Crippen LogP contribution in [0.15, 0.2) is 24.3 Å². The number of carbonyl (C=O) groups excluding carboxylic acids is 1. The van der Waals surface area contributed by atoms with Crippen LogP contribution in [0.5, 0.6) is 0 Å². The smallest absolute Gasteiger partial charge is 0.265 e. The molecule has 0 spiro atoms. The summed E-state index contributed by atoms with van der Waals surface area (Å²) in [6.07, 6.45) is 1.15. The van der Waals surface area contributed by atoms with Gasteiger partial charge in [-0.1, -0.05) is 6.07 Å². The van der Waals surface area contributed by atoms with Crippen LogP contribution in [0.3, 0.4) is 0 Å². The zero-order valence-electron chi connectivity index (χ0n) is 7.86. The van der Waals surface area contributed by atoms with Crippen molar-refractivity contribution < 1.29 is 4.79 Å². The molecule has 1 aliphatic rings. The number of nitrogens with zero attached hydrogens (tertiary/aromatic N) is 1. The molecule has 1 saturated heterocycles. The average molecular weight is 191 g/mol. The average Bonchev–Trinajstić information content (AvgIpc) is 2.11. The first-order valence-electron chi connectivity index (χ1n) is 4.67. The number of benzene rings is 1. The lowest BCUT2D eigenvalue weighted by Gasteiger charge is -2.30. The molecule has 2 rings (SSSR count). The summed E-state index contributed by atoms with van der Waals surface area (Å²) in [5.41, 5.74) is 9.60. The molecular formula is C10H13N3O. The Kier molecular flexibility index (Phi) is 2.37. The van der Waals surface area contributed by atoms with Crippen molar-refractivity contribution in [3.05, 3.63) is 29.8 Å². The van der Waals surface area contributed by atoms with E-state index in [2.05, 4.69) is 5.43 Å². The number of nitrogen functional groups attached to an aromatic ring is 1. The molecule has 1 aromatic rings. The molecule has 1 amide bonds. The lowest BCUT2D eigenvalue weighted by Crippen LogP contribution is -2.50. The molecule has 1 aromatic carbocycles. The molecule has 3 N–H and O–H groups in total. The van der Waals surface area contributed by atoms with Crippen LogP contribution in [0, 0.1) is 0 Å². The van der Waals surface area contributed by atoms with Crippen LogP contribution >= 0.6 is 0 Å². The molecule has 14 heavy (non-hydrogen) atoms. The van der Waals surface area contributed by atoms with Crippen LogP contribution in [0.2, 0.25) is 0 Å². The van der Waals surface area contributed by atoms with Crippen LogP contribution in [0.25, 0.3) is 0 Å². The molecular weight excluding hydrogens is 178 g/mol. The number of anilines is 1. The quantitative estimate of drug-likeness (QED) is 0.674. The van der Waals surface area contributed by atoms with Crippen LogP contribution in [-0.4, -0.2) is 24.0 Å². The van der Waals surface area contributed by atoms with Crippen LogP contribution in [0.4, 0.5) is 5.69 Å². The normalized spacial score (nSPS) is 16.0. The topological polar surface area (TPSA) is 58.4 Å². The molecule has 1 heterocycles. The van der Waals surface area contributed by atoms with Gasteiger partial charge in [0.1, 0.15) is 0 Å². The maximum atomic E-state index is 11.6. The fraction of sp³-hybridized carbons (Fsp3) is 0.300. The molecule has 0 bridgehead atoms. The Labute approximate surface area is 82.7 Å². The highest BCUT2D eigenvalue weighted by atomic mass is 16.2. The lowest BCUT2D eigenvalue weighted by atomic mass is 10.2. The van der Waals surface area contributed by atoms with Gasteiger partial charge < -0.3 is 5.73 Å². The largest absolute Gasteiger partial charge is 0.399 e. The van der Waals surface area contributed by atoms with Gasteiger partial charge in [-0.05, 0) is 24.6 Å². The molecule has 0 aromatic heterocycles. The zero-order chi connectivity index (χ0) is 9.97. The number of hydrogen-bond acceptors (Lipinski definition) is 3. The molecule has 0 aliphatic carbocycles. The summed E-state index contributed by atoms with van der Waals surface area (Å²) >= 11 is 0. The summed E-state index contributed by atoms with van der Waals surface area (Å²) in [7, 11) is 0. The summed E-state index contributed by atoms with van der Waals surface area (Å²) in [4.78, 5) is 11.6. The Bertz CT molecular complexity index is 347. The molecule has 1 aliphatic heterocycles. The fourth-order valence-corrected chi connectivity index (χ4v) is 1.32. The number of nitrogens with one attached hydrogen (secondary N) is 1. The number of carbonyl (C=O) groups is 1. The predicted molar refractivity (Wildman–Crippen MR) is 54.5 cm³/mol. The maximum absolute atomic E-state index is 11.6. The Hall–Kier alpha value is -1.55. The van der Waals surface area contributed by atoms with Gasteiger partial charge in [-0.3, -0.25) is 10.2 Å². The zero-order valence-corrected chi connectivity index (χ0v) is 7.86. The van der Waals surface area contributed by atoms with Gasteiger partial charge in [-0.2, -0.15) is 0 Å². The van der Waals surface area contributed by atoms with Crippen molar-refractivity contribution in [3.8, 4) is 0 Å². The van der Waals surface area contributed by atoms with Crippen LogP contribution in [0.1, 0.15) is 16.8 Å². The molecule has 0 atom stereocenters. The van der Waals surface area contributed by atoms with Crippen molar-refractivity contribution in [2.24, 2.45) is 0 Å². The number of hydrogen-bond donors (Lipinski definition) is 2. The summed E-state index contributed by atoms with van der Waals surface area (Å²) in [5, 5.41) is 1.89. The Morgan fingerprint density at radius 1 is 1.43 bits per heavy atom. The fourth-order valence-electron chi connectivity index (χ4n) is 1.32. The summed E-state index contributed by atoms with van der Waals surface area (Å²) in [6.45, 7) is 1.88. The van der Waals surface area contributed by atoms with E-state index in [-0.39, 0.29) is 5.91 Å². The third-order valence-electron chi connectivity index (χ3n) is 2.26. The predicted octanol–water partition coefficient (Wildman–Crippen LogP) is 0.619. The van der Waals surface area contributed by atoms with Gasteiger partial charge in [-0.25, -0.2) is 5.01 Å². The standard InChI is InChI=1S/C10H13N3O/c11-9-4-1-3-8(7-9)10(14)12-13-5-2-6-13/h1,3-4,7H,2,5-6,11H2,(H,12,14). The Balaban J connectivity index is 2.02. The number of amides is 1. The van der Waals surface area contributed by atoms with Gasteiger partial charge in [0.25, 0.3) is 5.91 Å². The molecule has 0 unspecified atom stereocenters. The third kappa shape index (κ3) is 1.85. The minimum Gasteiger partial charge on any atom is -0.399 e. The van der Waals surface area contributed by atoms with Crippen LogP contribution < -0.4 is 11.2 Å². The van der Waals surface area contributed by atoms with E-state index in [1.54, 1.807) is 24.3 Å². The second kappa shape index (κ2) is 3.67. The van der Waals surface area contributed by atoms with Crippen molar-refractivity contribution in [1.82, 2.24) is 10.4 Å². The van der Waals surface area contributed by atoms with Crippen molar-refractivity contribution in [3.63, 3.8) is 0 Å². The second-order valence-corrected chi connectivity index (χ2v) is 3.41. The van der Waals surface area contributed by atoms with Crippen LogP contribution in [-0.2, 0) is 0 Å². The van der Waals surface area contributed by atoms with Gasteiger partial charge in [0.2, 0.25) is 0 Å². The Morgan fingerprint density at radius 2 is 2.21 bits per heavy atom. The SMILES string of the molecule is Nc1cccc(C(=O)NN2CCC2)c1. The number of hydrazine groups is 1. The minimum absolute atomic E-state index is 0.0861. The molecule has 74 valence electrons. The van der Waals surface area contributed by atoms with Crippen molar-refractivity contribution in [2.45, 2.75) is 6.42 Å². The van der Waals surface area contributed by atoms with Crippen molar-refractivity contribution >= 4 is 11.6 Å². The summed E-state index contributed by atoms with van der Waals surface area (Å²) < 4.78 is 0. The lowest BCUT2D eigenvalue weighted by molar-refractivity contribution is 0.0642. The van der Waals surface area contributed by atoms with E-state index in [0.717, 1.165) is 19.5 Å². The first-order chi connectivity index (χ1) is 6.75. The molecule has 4 nitrogen and oxygen atoms in total. The van der Waals surface area contributed by atoms with E-state index in [0.29, 0.717) is 11.3 Å². The van der Waals surface area contributed by atoms with E-state index in [1.165, 1.54) is 0 Å². The Morgan fingerprint density at radius 3 is 2.79 bits per heavy atom. The third-order valence-corrected chi connectivity index (χ3v) is 2.26. The summed E-state index contributed by atoms with van der Waals surface area (Å²) in [5.74, 6) is -0.0861. The van der Waals surface area contributed by atoms with E-state index >= 15 is 0 Å². The number of nitrogens with two attached hydrogens (primary N) is 1.